The Kier molecular flexibility index (Phi) is 39.1. The average Bonchev–Trinajstić information content (AvgIpc) is 0.755. The molecule has 11 heterocycles. The van der Waals surface area contributed by atoms with Crippen molar-refractivity contribution in [2.24, 2.45) is 35.1 Å². The van der Waals surface area contributed by atoms with Crippen LogP contribution in [0.3, 0.4) is 0 Å². The summed E-state index contributed by atoms with van der Waals surface area (Å²) in [5.41, 5.74) is 12.0. The quantitative estimate of drug-likeness (QED) is 0.0275. The Hall–Kier alpha value is -3.18. The second kappa shape index (κ2) is 47.1. The van der Waals surface area contributed by atoms with Gasteiger partial charge in [0.15, 0.2) is 50.3 Å². The third kappa shape index (κ3) is 22.8. The highest BCUT2D eigenvalue weighted by Crippen LogP contribution is 2.46. The first kappa shape index (κ1) is 111. The van der Waals surface area contributed by atoms with Gasteiger partial charge < -0.3 is 274 Å². The number of nitrogens with two attached hydrogens (primary N) is 2. The molecule has 0 amide bonds. The van der Waals surface area contributed by atoms with Crippen molar-refractivity contribution in [3.63, 3.8) is 0 Å². The van der Waals surface area contributed by atoms with Crippen molar-refractivity contribution in [1.82, 2.24) is 0 Å². The molecule has 11 saturated heterocycles. The fraction of sp³-hybridized carbons (Fsp3) is 0.974. The average molecular weight is 1970 g/mol. The van der Waals surface area contributed by atoms with Gasteiger partial charge in [-0.25, -0.2) is 9.59 Å². The van der Waals surface area contributed by atoms with Crippen molar-refractivity contribution in [1.29, 1.82) is 0 Å². The molecular formula is C77H132N2O55. The van der Waals surface area contributed by atoms with E-state index < -0.39 is 445 Å². The number of aliphatic carboxylic acids is 2. The van der Waals surface area contributed by atoms with Crippen LogP contribution in [0, 0.1) is 23.7 Å². The molecule has 0 aromatic rings. The summed E-state index contributed by atoms with van der Waals surface area (Å²) in [5, 5.41) is 357. The van der Waals surface area contributed by atoms with Gasteiger partial charge in [-0.05, 0) is 6.92 Å². The first-order valence-electron chi connectivity index (χ1n) is 43.7. The van der Waals surface area contributed by atoms with Crippen molar-refractivity contribution in [3.05, 3.63) is 0 Å². The van der Waals surface area contributed by atoms with E-state index in [4.69, 9.17) is 111 Å². The fourth-order valence-electron chi connectivity index (χ4n) is 18.2. The summed E-state index contributed by atoms with van der Waals surface area (Å²) in [4.78, 5) is 26.2. The summed E-state index contributed by atoms with van der Waals surface area (Å²) >= 11 is 0. The van der Waals surface area contributed by atoms with Crippen molar-refractivity contribution in [2.75, 3.05) is 72.7 Å². The first-order valence-corrected chi connectivity index (χ1v) is 43.7. The molecular weight excluding hydrogens is 1830 g/mol. The maximum atomic E-state index is 13.1. The van der Waals surface area contributed by atoms with Gasteiger partial charge in [0.05, 0.1) is 127 Å². The molecule has 11 aliphatic rings. The van der Waals surface area contributed by atoms with Crippen molar-refractivity contribution >= 4 is 11.9 Å². The predicted molar refractivity (Wildman–Crippen MR) is 417 cm³/mol. The minimum atomic E-state index is -3.18. The molecule has 21 unspecified atom stereocenters. The number of aliphatic hydroxyl groups excluding tert-OH is 30. The minimum absolute atomic E-state index is 0.588. The molecule has 11 aliphatic heterocycles. The van der Waals surface area contributed by atoms with E-state index in [1.807, 2.05) is 0 Å². The van der Waals surface area contributed by atoms with E-state index in [2.05, 4.69) is 0 Å². The Morgan fingerprint density at radius 1 is 0.306 bits per heavy atom. The molecule has 0 radical (unpaired) electrons. The van der Waals surface area contributed by atoms with Crippen LogP contribution in [0.5, 0.6) is 0 Å². The largest absolute Gasteiger partial charge is 0.477 e. The molecule has 0 spiro atoms. The molecule has 780 valence electrons. The molecule has 0 saturated carbocycles. The standard InChI is InChI=1S/C77H132N2O55/c1-19-23(5)115-32(14-86)55(39(19)94)124-66-20(2)40(95)56(33(15-87)120-66)125-69-52(107)61(128-73-65(51(106)46(101)29(11-83)119-73)130-68-22(4)42(97)58(35(17-89)122-68)127-71-54(109)63(48(103)31(13-85)117-71)134-77(75(112)113)7-25(91)38(79)60(132-77)44(99)27(93)9-81)49(104)36(123-69)18-114-72-64(50(105)45(100)28(10-82)118-72)129-67-21(3)41(96)57(34(16-88)121-67)126-70-53(108)62(47(102)30(12-84)116-70)133-76(74(110)111)6-24(90)37(78)59(131-76)43(98)26(92)8-80/h19-73,80-109H,6-18,78-79H2,1-5H3,(H,110,111)(H,112,113)/t19?,20?,21?,22-,23-,24+,25+,26+,27+,28?,29+,30?,31?,32?,33?,34-,35?,36?,37+,38+,39+,40+,41?,42?,43+,44+,45+,46+,47-,48-,49+,50?,51?,52?,53-,54-,55+,56+,57+,58+,59?,60?,61?,62?,63?,64+,65?,66-,67-,68-,69-,70-,71-,72-,73+,76-,77-/m0/s1. The van der Waals surface area contributed by atoms with Gasteiger partial charge in [0, 0.05) is 36.5 Å². The zero-order valence-electron chi connectivity index (χ0n) is 72.8. The van der Waals surface area contributed by atoms with Crippen LogP contribution < -0.4 is 11.5 Å². The number of carbonyl (C=O) groups is 2. The third-order valence-electron chi connectivity index (χ3n) is 26.8. The van der Waals surface area contributed by atoms with Crippen LogP contribution in [0.1, 0.15) is 47.5 Å². The van der Waals surface area contributed by atoms with Crippen molar-refractivity contribution < 1.29 is 272 Å². The van der Waals surface area contributed by atoms with E-state index in [0.29, 0.717) is 0 Å². The molecule has 0 aliphatic carbocycles. The number of hydrogen-bond donors (Lipinski definition) is 34. The Labute approximate surface area is 761 Å². The summed E-state index contributed by atoms with van der Waals surface area (Å²) in [6.45, 7) is -4.92. The molecule has 57 nitrogen and oxygen atoms in total. The minimum Gasteiger partial charge on any atom is -0.477 e. The van der Waals surface area contributed by atoms with E-state index in [-0.39, 0.29) is 0 Å². The Bertz CT molecular complexity index is 3610. The van der Waals surface area contributed by atoms with Gasteiger partial charge in [-0.2, -0.15) is 0 Å². The molecule has 0 bridgehead atoms. The number of carboxylic acids is 2. The summed E-state index contributed by atoms with van der Waals surface area (Å²) in [6.07, 6.45) is -101. The summed E-state index contributed by atoms with van der Waals surface area (Å²) < 4.78 is 126. The van der Waals surface area contributed by atoms with E-state index >= 15 is 0 Å². The monoisotopic (exact) mass is 1960 g/mol. The lowest BCUT2D eigenvalue weighted by molar-refractivity contribution is -0.404. The van der Waals surface area contributed by atoms with Gasteiger partial charge in [0.25, 0.3) is 11.6 Å². The summed E-state index contributed by atoms with van der Waals surface area (Å²) in [5.74, 6) is -15.4. The number of hydrogen-bond acceptors (Lipinski definition) is 55. The molecule has 57 heteroatoms. The SMILES string of the molecule is CC1C(O)[C@H](O[C@@H]2OC(CO)[C@H](O)C(O[C@]3(C(=O)O)C[C@@H](O)[C@@H](N)C([C@H](O)[C@H](O)CO)O3)[C@@H]2O)[C@H](CO)O[C@H]1O[C@@H]1C(O)[C@H](O)C(CO)O[C@@H]1OCC1O[C@@H](O[C@@H]2C(CO)O[C@@H](O[C@@H]3C(CO)O[C@@H](C)C(C)[C@H]3O)C(C)[C@H]2O)C(O)C(O[C@H]2O[C@H](CO)[C@@H](O)C(O)C2O[C@@H]2OC(CO)[C@@H](O[C@@H]3OC(CO)[C@H](O)C(O[C@]4(C(=O)O)C[C@@H](O)[C@@H](N)C([C@H](O)[C@H](O)CO)O4)[C@@H]3O)C(O)[C@@H]2C)[C@@H]1O. The van der Waals surface area contributed by atoms with Crippen LogP contribution in [0.4, 0.5) is 0 Å². The zero-order chi connectivity index (χ0) is 99.0. The highest BCUT2D eigenvalue weighted by atomic mass is 16.8. The van der Waals surface area contributed by atoms with E-state index in [1.165, 1.54) is 20.8 Å². The number of carboxylic acid groups (broad SMARTS) is 2. The van der Waals surface area contributed by atoms with Gasteiger partial charge in [-0.15, -0.1) is 0 Å². The Morgan fingerprint density at radius 2 is 0.575 bits per heavy atom. The van der Waals surface area contributed by atoms with Crippen LogP contribution in [0.15, 0.2) is 0 Å². The summed E-state index contributed by atoms with van der Waals surface area (Å²) in [7, 11) is 0. The second-order valence-electron chi connectivity index (χ2n) is 35.7. The molecule has 57 atom stereocenters. The van der Waals surface area contributed by atoms with Crippen molar-refractivity contribution in [3.8, 4) is 0 Å². The molecule has 0 aromatic carbocycles. The number of aliphatic hydroxyl groups is 30. The van der Waals surface area contributed by atoms with Crippen LogP contribution in [-0.4, -0.2) is 572 Å². The smallest absolute Gasteiger partial charge is 0.364 e. The van der Waals surface area contributed by atoms with Crippen molar-refractivity contribution in [2.45, 2.75) is 372 Å². The van der Waals surface area contributed by atoms with E-state index in [1.54, 1.807) is 13.8 Å². The van der Waals surface area contributed by atoms with Crippen LogP contribution in [0.2, 0.25) is 0 Å². The van der Waals surface area contributed by atoms with E-state index in [9.17, 15) is 173 Å². The molecule has 36 N–H and O–H groups in total. The van der Waals surface area contributed by atoms with Crippen LogP contribution >= 0.6 is 0 Å². The molecule has 11 fully saturated rings. The first-order chi connectivity index (χ1) is 63.2. The zero-order valence-corrected chi connectivity index (χ0v) is 72.8. The van der Waals surface area contributed by atoms with Gasteiger partial charge in [0.2, 0.25) is 0 Å². The highest BCUT2D eigenvalue weighted by molar-refractivity contribution is 5.76. The normalized spacial score (nSPS) is 50.9. The maximum absolute atomic E-state index is 13.1. The Morgan fingerprint density at radius 3 is 0.918 bits per heavy atom. The number of ether oxygens (including phenoxy) is 21. The van der Waals surface area contributed by atoms with Gasteiger partial charge in [-0.1, -0.05) is 27.7 Å². The number of rotatable bonds is 37. The van der Waals surface area contributed by atoms with Gasteiger partial charge in [0.1, 0.15) is 208 Å². The van der Waals surface area contributed by atoms with Gasteiger partial charge in [-0.3, -0.25) is 0 Å². The van der Waals surface area contributed by atoms with E-state index in [0.717, 1.165) is 0 Å². The topological polar surface area (TPSA) is 927 Å². The van der Waals surface area contributed by atoms with Crippen LogP contribution in [0.25, 0.3) is 0 Å². The van der Waals surface area contributed by atoms with Gasteiger partial charge >= 0.3 is 11.9 Å². The summed E-state index contributed by atoms with van der Waals surface area (Å²) in [6, 6.07) is -3.32. The second-order valence-corrected chi connectivity index (χ2v) is 35.7. The molecule has 0 aromatic heterocycles. The lowest BCUT2D eigenvalue weighted by Crippen LogP contribution is -2.70. The lowest BCUT2D eigenvalue weighted by Gasteiger charge is -2.51. The molecule has 11 rings (SSSR count). The molecule has 134 heavy (non-hydrogen) atoms. The third-order valence-corrected chi connectivity index (χ3v) is 26.8. The Balaban J connectivity index is 0.849. The predicted octanol–water partition coefficient (Wildman–Crippen LogP) is -20.5. The maximum Gasteiger partial charge on any atom is 0.364 e. The highest BCUT2D eigenvalue weighted by Gasteiger charge is 2.65. The lowest BCUT2D eigenvalue weighted by atomic mass is 9.88. The fourth-order valence-corrected chi connectivity index (χ4v) is 18.2. The van der Waals surface area contributed by atoms with Crippen LogP contribution in [-0.2, 0) is 109 Å².